The number of hydrogen-bond acceptors (Lipinski definition) is 4. The van der Waals surface area contributed by atoms with Crippen molar-refractivity contribution in [2.45, 2.75) is 0 Å². The molecule has 1 saturated heterocycles. The second kappa shape index (κ2) is 8.19. The van der Waals surface area contributed by atoms with Gasteiger partial charge in [-0.05, 0) is 11.6 Å². The monoisotopic (exact) mass is 374 g/mol. The van der Waals surface area contributed by atoms with Gasteiger partial charge in [0.15, 0.2) is 5.69 Å². The molecule has 2 heterocycles. The highest BCUT2D eigenvalue weighted by atomic mass is 16.2. The molecule has 0 radical (unpaired) electrons. The predicted octanol–water partition coefficient (Wildman–Crippen LogP) is 2.39. The summed E-state index contributed by atoms with van der Waals surface area (Å²) in [7, 11) is 0. The van der Waals surface area contributed by atoms with Gasteiger partial charge in [-0.25, -0.2) is 5.10 Å². The molecule has 0 atom stereocenters. The summed E-state index contributed by atoms with van der Waals surface area (Å²) in [6, 6.07) is 17.3. The Hall–Kier alpha value is -3.25. The van der Waals surface area contributed by atoms with Gasteiger partial charge >= 0.3 is 0 Å². The number of carbonyl (C=O) groups is 1. The Morgan fingerprint density at radius 2 is 1.64 bits per heavy atom. The number of aromatic nitrogens is 2. The number of hydrogen-bond donors (Lipinski definition) is 1. The summed E-state index contributed by atoms with van der Waals surface area (Å²) in [4.78, 5) is 29.0. The number of nitrogens with one attached hydrogen (secondary N) is 1. The number of nitrogens with zero attached hydrogens (tertiary/aromatic N) is 3. The standard InChI is InChI=1S/C22H22N4O2/c27-21-19-11-5-4-10-18(19)20(23-24-21)22(28)26-15-13-25(14-16-26)12-6-9-17-7-2-1-3-8-17/h1-11H,12-16H2,(H,24,27)/b9-6+. The van der Waals surface area contributed by atoms with Crippen LogP contribution in [0, 0.1) is 0 Å². The van der Waals surface area contributed by atoms with Gasteiger partial charge in [0.2, 0.25) is 0 Å². The van der Waals surface area contributed by atoms with Crippen LogP contribution in [0.1, 0.15) is 16.1 Å². The zero-order chi connectivity index (χ0) is 19.3. The van der Waals surface area contributed by atoms with Gasteiger partial charge in [0.05, 0.1) is 5.39 Å². The van der Waals surface area contributed by atoms with E-state index in [1.165, 1.54) is 5.56 Å². The molecule has 1 aliphatic rings. The van der Waals surface area contributed by atoms with E-state index >= 15 is 0 Å². The van der Waals surface area contributed by atoms with E-state index in [4.69, 9.17) is 0 Å². The van der Waals surface area contributed by atoms with E-state index in [1.807, 2.05) is 29.2 Å². The van der Waals surface area contributed by atoms with Crippen molar-refractivity contribution < 1.29 is 4.79 Å². The molecule has 142 valence electrons. The number of piperazine rings is 1. The zero-order valence-corrected chi connectivity index (χ0v) is 15.5. The van der Waals surface area contributed by atoms with Crippen molar-refractivity contribution in [3.63, 3.8) is 0 Å². The fourth-order valence-corrected chi connectivity index (χ4v) is 3.46. The lowest BCUT2D eigenvalue weighted by molar-refractivity contribution is 0.0645. The van der Waals surface area contributed by atoms with E-state index in [1.54, 1.807) is 18.2 Å². The molecular weight excluding hydrogens is 352 g/mol. The Bertz CT molecular complexity index is 1050. The van der Waals surface area contributed by atoms with Crippen molar-refractivity contribution in [3.8, 4) is 0 Å². The van der Waals surface area contributed by atoms with Crippen LogP contribution in [0.2, 0.25) is 0 Å². The van der Waals surface area contributed by atoms with Gasteiger partial charge in [-0.15, -0.1) is 0 Å². The van der Waals surface area contributed by atoms with Crippen molar-refractivity contribution in [1.82, 2.24) is 20.0 Å². The topological polar surface area (TPSA) is 69.3 Å². The van der Waals surface area contributed by atoms with Crippen LogP contribution in [0.3, 0.4) is 0 Å². The lowest BCUT2D eigenvalue weighted by Gasteiger charge is -2.34. The number of carbonyl (C=O) groups excluding carboxylic acids is 1. The normalized spacial score (nSPS) is 15.4. The molecule has 1 aliphatic heterocycles. The fraction of sp³-hybridized carbons (Fsp3) is 0.227. The average Bonchev–Trinajstić information content (AvgIpc) is 2.75. The summed E-state index contributed by atoms with van der Waals surface area (Å²) in [6.07, 6.45) is 4.28. The molecule has 28 heavy (non-hydrogen) atoms. The number of fused-ring (bicyclic) bond motifs is 1. The van der Waals surface area contributed by atoms with Crippen LogP contribution in [-0.2, 0) is 0 Å². The largest absolute Gasteiger partial charge is 0.335 e. The smallest absolute Gasteiger partial charge is 0.275 e. The molecule has 1 N–H and O–H groups in total. The molecular formula is C22H22N4O2. The van der Waals surface area contributed by atoms with Gasteiger partial charge in [0.25, 0.3) is 11.5 Å². The average molecular weight is 374 g/mol. The summed E-state index contributed by atoms with van der Waals surface area (Å²) in [5.41, 5.74) is 1.22. The van der Waals surface area contributed by atoms with Gasteiger partial charge in [0, 0.05) is 38.1 Å². The Morgan fingerprint density at radius 3 is 2.39 bits per heavy atom. The maximum atomic E-state index is 12.9. The number of aromatic amines is 1. The third kappa shape index (κ3) is 3.87. The van der Waals surface area contributed by atoms with Crippen LogP contribution in [0.15, 0.2) is 65.5 Å². The Morgan fingerprint density at radius 1 is 0.964 bits per heavy atom. The summed E-state index contributed by atoms with van der Waals surface area (Å²) < 4.78 is 0. The van der Waals surface area contributed by atoms with Gasteiger partial charge in [-0.2, -0.15) is 5.10 Å². The number of H-pyrrole nitrogens is 1. The Labute approximate surface area is 163 Å². The number of rotatable bonds is 4. The minimum atomic E-state index is -0.276. The lowest BCUT2D eigenvalue weighted by Crippen LogP contribution is -2.48. The zero-order valence-electron chi connectivity index (χ0n) is 15.5. The fourth-order valence-electron chi connectivity index (χ4n) is 3.46. The summed E-state index contributed by atoms with van der Waals surface area (Å²) >= 11 is 0. The first-order chi connectivity index (χ1) is 13.7. The Kier molecular flexibility index (Phi) is 5.30. The summed E-state index contributed by atoms with van der Waals surface area (Å²) in [5.74, 6) is -0.132. The van der Waals surface area contributed by atoms with E-state index in [0.29, 0.717) is 29.6 Å². The molecule has 4 rings (SSSR count). The van der Waals surface area contributed by atoms with Crippen molar-refractivity contribution in [3.05, 3.63) is 82.3 Å². The van der Waals surface area contributed by atoms with Gasteiger partial charge < -0.3 is 4.90 Å². The van der Waals surface area contributed by atoms with Crippen molar-refractivity contribution in [2.24, 2.45) is 0 Å². The van der Waals surface area contributed by atoms with Crippen molar-refractivity contribution >= 4 is 22.8 Å². The molecule has 2 aromatic carbocycles. The van der Waals surface area contributed by atoms with E-state index in [-0.39, 0.29) is 11.5 Å². The minimum absolute atomic E-state index is 0.132. The van der Waals surface area contributed by atoms with Gasteiger partial charge in [-0.3, -0.25) is 14.5 Å². The summed E-state index contributed by atoms with van der Waals surface area (Å²) in [5, 5.41) is 7.57. The molecule has 1 amide bonds. The summed E-state index contributed by atoms with van der Waals surface area (Å²) in [6.45, 7) is 3.77. The van der Waals surface area contributed by atoms with E-state index in [0.717, 1.165) is 19.6 Å². The molecule has 1 fully saturated rings. The molecule has 0 unspecified atom stereocenters. The molecule has 3 aromatic rings. The maximum Gasteiger partial charge on any atom is 0.275 e. The molecule has 6 nitrogen and oxygen atoms in total. The van der Waals surface area contributed by atoms with Gasteiger partial charge in [-0.1, -0.05) is 60.7 Å². The first-order valence-electron chi connectivity index (χ1n) is 9.43. The van der Waals surface area contributed by atoms with E-state index in [2.05, 4.69) is 39.4 Å². The second-order valence-electron chi connectivity index (χ2n) is 6.85. The van der Waals surface area contributed by atoms with Crippen LogP contribution in [-0.4, -0.2) is 58.6 Å². The quantitative estimate of drug-likeness (QED) is 0.761. The van der Waals surface area contributed by atoms with Gasteiger partial charge in [0.1, 0.15) is 0 Å². The van der Waals surface area contributed by atoms with E-state index < -0.39 is 0 Å². The van der Waals surface area contributed by atoms with Crippen molar-refractivity contribution in [2.75, 3.05) is 32.7 Å². The third-order valence-corrected chi connectivity index (χ3v) is 5.03. The first kappa shape index (κ1) is 18.1. The molecule has 6 heteroatoms. The Balaban J connectivity index is 1.39. The highest BCUT2D eigenvalue weighted by Crippen LogP contribution is 2.15. The molecule has 0 bridgehead atoms. The molecule has 0 spiro atoms. The highest BCUT2D eigenvalue weighted by molar-refractivity contribution is 6.04. The molecule has 0 saturated carbocycles. The van der Waals surface area contributed by atoms with Crippen LogP contribution >= 0.6 is 0 Å². The van der Waals surface area contributed by atoms with Crippen molar-refractivity contribution in [1.29, 1.82) is 0 Å². The first-order valence-corrected chi connectivity index (χ1v) is 9.43. The SMILES string of the molecule is O=C(c1n[nH]c(=O)c2ccccc12)N1CCN(C/C=C/c2ccccc2)CC1. The molecule has 1 aromatic heterocycles. The number of benzene rings is 2. The lowest BCUT2D eigenvalue weighted by atomic mass is 10.1. The highest BCUT2D eigenvalue weighted by Gasteiger charge is 2.24. The second-order valence-corrected chi connectivity index (χ2v) is 6.85. The number of amides is 1. The van der Waals surface area contributed by atoms with E-state index in [9.17, 15) is 9.59 Å². The van der Waals surface area contributed by atoms with Crippen LogP contribution in [0.4, 0.5) is 0 Å². The van der Waals surface area contributed by atoms with Crippen LogP contribution in [0.5, 0.6) is 0 Å². The minimum Gasteiger partial charge on any atom is -0.335 e. The third-order valence-electron chi connectivity index (χ3n) is 5.03. The van der Waals surface area contributed by atoms with Crippen LogP contribution in [0.25, 0.3) is 16.8 Å². The van der Waals surface area contributed by atoms with Crippen LogP contribution < -0.4 is 5.56 Å². The predicted molar refractivity (Wildman–Crippen MR) is 110 cm³/mol. The molecule has 0 aliphatic carbocycles. The maximum absolute atomic E-state index is 12.9.